The highest BCUT2D eigenvalue weighted by Crippen LogP contribution is 2.10. The molecular weight excluding hydrogens is 180 g/mol. The van der Waals surface area contributed by atoms with Crippen molar-refractivity contribution in [1.29, 1.82) is 0 Å². The first-order valence-electron chi connectivity index (χ1n) is 5.35. The molecule has 1 fully saturated rings. The summed E-state index contributed by atoms with van der Waals surface area (Å²) in [5.41, 5.74) is 0. The second-order valence-electron chi connectivity index (χ2n) is 3.86. The van der Waals surface area contributed by atoms with Crippen LogP contribution in [0.1, 0.15) is 26.7 Å². The van der Waals surface area contributed by atoms with Crippen molar-refractivity contribution < 1.29 is 9.90 Å². The fourth-order valence-corrected chi connectivity index (χ4v) is 1.84. The fourth-order valence-electron chi connectivity index (χ4n) is 1.84. The van der Waals surface area contributed by atoms with Crippen molar-refractivity contribution in [1.82, 2.24) is 10.2 Å². The highest BCUT2D eigenvalue weighted by atomic mass is 16.3. The number of nitrogens with one attached hydrogen (secondary N) is 1. The Kier molecular flexibility index (Phi) is 4.35. The zero-order valence-corrected chi connectivity index (χ0v) is 8.99. The van der Waals surface area contributed by atoms with Crippen molar-refractivity contribution in [3.63, 3.8) is 0 Å². The van der Waals surface area contributed by atoms with Crippen molar-refractivity contribution in [3.05, 3.63) is 0 Å². The molecule has 0 aromatic heterocycles. The molecule has 1 heterocycles. The highest BCUT2D eigenvalue weighted by molar-refractivity contribution is 5.82. The zero-order chi connectivity index (χ0) is 10.6. The van der Waals surface area contributed by atoms with E-state index in [1.54, 1.807) is 0 Å². The minimum absolute atomic E-state index is 0.0411. The Morgan fingerprint density at radius 1 is 1.64 bits per heavy atom. The largest absolute Gasteiger partial charge is 0.394 e. The number of amides is 1. The number of nitrogens with zero attached hydrogens (tertiary/aromatic N) is 1. The third kappa shape index (κ3) is 2.45. The maximum Gasteiger partial charge on any atom is 0.242 e. The Morgan fingerprint density at radius 3 is 2.93 bits per heavy atom. The molecule has 4 heteroatoms. The first-order chi connectivity index (χ1) is 6.70. The lowest BCUT2D eigenvalue weighted by Gasteiger charge is -2.28. The summed E-state index contributed by atoms with van der Waals surface area (Å²) in [6, 6.07) is -0.113. The minimum atomic E-state index is -0.397. The third-order valence-electron chi connectivity index (χ3n) is 2.71. The molecule has 2 unspecified atom stereocenters. The van der Waals surface area contributed by atoms with Gasteiger partial charge in [-0.15, -0.1) is 0 Å². The lowest BCUT2D eigenvalue weighted by molar-refractivity contribution is -0.135. The van der Waals surface area contributed by atoms with Crippen molar-refractivity contribution >= 4 is 5.91 Å². The number of carbonyl (C=O) groups excluding carboxylic acids is 1. The summed E-state index contributed by atoms with van der Waals surface area (Å²) in [6.45, 7) is 5.61. The van der Waals surface area contributed by atoms with E-state index < -0.39 is 6.04 Å². The summed E-state index contributed by atoms with van der Waals surface area (Å²) in [5.74, 6) is 0.0411. The Hall–Kier alpha value is -0.610. The normalized spacial score (nSPS) is 29.1. The standard InChI is InChI=1S/C10H20N2O2/c1-3-6-12-8(2)4-5-11-9(7-13)10(12)14/h8-9,11,13H,3-7H2,1-2H3. The van der Waals surface area contributed by atoms with E-state index in [1.165, 1.54) is 0 Å². The first kappa shape index (κ1) is 11.5. The van der Waals surface area contributed by atoms with Gasteiger partial charge in [0.25, 0.3) is 0 Å². The topological polar surface area (TPSA) is 52.6 Å². The number of aliphatic hydroxyl groups excluding tert-OH is 1. The zero-order valence-electron chi connectivity index (χ0n) is 8.99. The molecule has 1 aliphatic heterocycles. The molecule has 2 atom stereocenters. The van der Waals surface area contributed by atoms with Crippen LogP contribution in [-0.4, -0.2) is 47.7 Å². The van der Waals surface area contributed by atoms with Gasteiger partial charge in [-0.3, -0.25) is 4.79 Å². The summed E-state index contributed by atoms with van der Waals surface area (Å²) in [4.78, 5) is 13.8. The van der Waals surface area contributed by atoms with Crippen molar-refractivity contribution in [2.75, 3.05) is 19.7 Å². The molecule has 0 aliphatic carbocycles. The van der Waals surface area contributed by atoms with Crippen LogP contribution in [-0.2, 0) is 4.79 Å². The third-order valence-corrected chi connectivity index (χ3v) is 2.71. The van der Waals surface area contributed by atoms with Gasteiger partial charge in [0.2, 0.25) is 5.91 Å². The number of aliphatic hydroxyl groups is 1. The van der Waals surface area contributed by atoms with Crippen LogP contribution in [0.2, 0.25) is 0 Å². The van der Waals surface area contributed by atoms with Gasteiger partial charge in [0.1, 0.15) is 6.04 Å². The molecule has 0 spiro atoms. The molecule has 2 N–H and O–H groups in total. The molecule has 0 aromatic carbocycles. The van der Waals surface area contributed by atoms with Gasteiger partial charge in [-0.05, 0) is 26.3 Å². The molecule has 1 amide bonds. The molecular formula is C10H20N2O2. The monoisotopic (exact) mass is 200 g/mol. The number of hydrogen-bond donors (Lipinski definition) is 2. The maximum absolute atomic E-state index is 11.9. The summed E-state index contributed by atoms with van der Waals surface area (Å²) in [7, 11) is 0. The van der Waals surface area contributed by atoms with E-state index in [0.717, 1.165) is 25.9 Å². The second-order valence-corrected chi connectivity index (χ2v) is 3.86. The SMILES string of the molecule is CCCN1C(=O)C(CO)NCCC1C. The number of hydrogen-bond acceptors (Lipinski definition) is 3. The number of carbonyl (C=O) groups is 1. The second kappa shape index (κ2) is 5.32. The Balaban J connectivity index is 2.69. The average molecular weight is 200 g/mol. The number of rotatable bonds is 3. The first-order valence-corrected chi connectivity index (χ1v) is 5.35. The van der Waals surface area contributed by atoms with E-state index in [-0.39, 0.29) is 18.6 Å². The summed E-state index contributed by atoms with van der Waals surface area (Å²) in [6.07, 6.45) is 1.93. The van der Waals surface area contributed by atoms with Crippen LogP contribution in [0.25, 0.3) is 0 Å². The van der Waals surface area contributed by atoms with Gasteiger partial charge in [0, 0.05) is 12.6 Å². The van der Waals surface area contributed by atoms with Crippen LogP contribution in [0.3, 0.4) is 0 Å². The summed E-state index contributed by atoms with van der Waals surface area (Å²) in [5, 5.41) is 12.1. The van der Waals surface area contributed by atoms with Crippen molar-refractivity contribution in [2.45, 2.75) is 38.8 Å². The van der Waals surface area contributed by atoms with Crippen LogP contribution >= 0.6 is 0 Å². The quantitative estimate of drug-likeness (QED) is 0.672. The molecule has 0 saturated carbocycles. The molecule has 14 heavy (non-hydrogen) atoms. The molecule has 1 saturated heterocycles. The lowest BCUT2D eigenvalue weighted by atomic mass is 10.2. The maximum atomic E-state index is 11.9. The molecule has 82 valence electrons. The van der Waals surface area contributed by atoms with E-state index in [4.69, 9.17) is 5.11 Å². The molecule has 0 aromatic rings. The smallest absolute Gasteiger partial charge is 0.242 e. The molecule has 0 radical (unpaired) electrons. The molecule has 1 aliphatic rings. The van der Waals surface area contributed by atoms with Crippen LogP contribution < -0.4 is 5.32 Å². The van der Waals surface area contributed by atoms with E-state index in [0.29, 0.717) is 0 Å². The van der Waals surface area contributed by atoms with Gasteiger partial charge in [0.05, 0.1) is 6.61 Å². The Labute approximate surface area is 85.3 Å². The van der Waals surface area contributed by atoms with Gasteiger partial charge in [0.15, 0.2) is 0 Å². The van der Waals surface area contributed by atoms with Crippen LogP contribution in [0.15, 0.2) is 0 Å². The Bertz CT molecular complexity index is 197. The van der Waals surface area contributed by atoms with Gasteiger partial charge in [-0.2, -0.15) is 0 Å². The predicted molar refractivity (Wildman–Crippen MR) is 55.0 cm³/mol. The van der Waals surface area contributed by atoms with E-state index in [2.05, 4.69) is 19.2 Å². The van der Waals surface area contributed by atoms with Crippen molar-refractivity contribution in [2.24, 2.45) is 0 Å². The lowest BCUT2D eigenvalue weighted by Crippen LogP contribution is -2.47. The van der Waals surface area contributed by atoms with Crippen LogP contribution in [0, 0.1) is 0 Å². The summed E-state index contributed by atoms with van der Waals surface area (Å²) >= 11 is 0. The van der Waals surface area contributed by atoms with Gasteiger partial charge < -0.3 is 15.3 Å². The average Bonchev–Trinajstić information content (AvgIpc) is 2.30. The minimum Gasteiger partial charge on any atom is -0.394 e. The molecule has 4 nitrogen and oxygen atoms in total. The van der Waals surface area contributed by atoms with E-state index in [9.17, 15) is 4.79 Å². The van der Waals surface area contributed by atoms with Crippen LogP contribution in [0.4, 0.5) is 0 Å². The van der Waals surface area contributed by atoms with Crippen molar-refractivity contribution in [3.8, 4) is 0 Å². The summed E-state index contributed by atoms with van der Waals surface area (Å²) < 4.78 is 0. The van der Waals surface area contributed by atoms with Gasteiger partial charge >= 0.3 is 0 Å². The molecule has 1 rings (SSSR count). The van der Waals surface area contributed by atoms with Crippen LogP contribution in [0.5, 0.6) is 0 Å². The highest BCUT2D eigenvalue weighted by Gasteiger charge is 2.29. The Morgan fingerprint density at radius 2 is 2.36 bits per heavy atom. The fraction of sp³-hybridized carbons (Fsp3) is 0.900. The van der Waals surface area contributed by atoms with E-state index in [1.807, 2.05) is 4.90 Å². The van der Waals surface area contributed by atoms with Gasteiger partial charge in [-0.1, -0.05) is 6.92 Å². The van der Waals surface area contributed by atoms with Gasteiger partial charge in [-0.25, -0.2) is 0 Å². The molecule has 0 bridgehead atoms. The van der Waals surface area contributed by atoms with E-state index >= 15 is 0 Å². The predicted octanol–water partition coefficient (Wildman–Crippen LogP) is -0.0323.